The molecule has 3 fully saturated rings. The summed E-state index contributed by atoms with van der Waals surface area (Å²) < 4.78 is 6.06. The van der Waals surface area contributed by atoms with Gasteiger partial charge in [0.1, 0.15) is 0 Å². The number of carbonyl (C=O) groups excluding carboxylic acids is 2. The number of amides is 2. The Morgan fingerprint density at radius 2 is 2.05 bits per heavy atom. The molecule has 2 atom stereocenters. The molecule has 0 aromatic rings. The second-order valence-electron chi connectivity index (χ2n) is 6.00. The average Bonchev–Trinajstić information content (AvgIpc) is 2.43. The van der Waals surface area contributed by atoms with Crippen LogP contribution in [0.2, 0.25) is 0 Å². The van der Waals surface area contributed by atoms with E-state index in [0.717, 1.165) is 32.3 Å². The van der Waals surface area contributed by atoms with Crippen LogP contribution < -0.4 is 10.6 Å². The van der Waals surface area contributed by atoms with Gasteiger partial charge in [-0.25, -0.2) is 0 Å². The molecule has 20 heavy (non-hydrogen) atoms. The molecule has 2 amide bonds. The summed E-state index contributed by atoms with van der Waals surface area (Å²) in [5.41, 5.74) is 0.0299. The Balaban J connectivity index is 1.57. The molecule has 0 bridgehead atoms. The highest BCUT2D eigenvalue weighted by Crippen LogP contribution is 2.37. The van der Waals surface area contributed by atoms with Crippen molar-refractivity contribution in [2.24, 2.45) is 0 Å². The zero-order valence-corrected chi connectivity index (χ0v) is 12.5. The maximum Gasteiger partial charge on any atom is 0.243 e. The van der Waals surface area contributed by atoms with Gasteiger partial charge in [0.05, 0.1) is 11.6 Å². The maximum absolute atomic E-state index is 11.8. The van der Waals surface area contributed by atoms with Crippen LogP contribution in [0.3, 0.4) is 0 Å². The lowest BCUT2D eigenvalue weighted by Gasteiger charge is -2.44. The van der Waals surface area contributed by atoms with Gasteiger partial charge in [-0.15, -0.1) is 0 Å². The van der Waals surface area contributed by atoms with Gasteiger partial charge in [-0.3, -0.25) is 14.9 Å². The highest BCUT2D eigenvalue weighted by atomic mass is 32.2. The molecule has 1 spiro atoms. The number of hydrogen-bond acceptors (Lipinski definition) is 5. The first kappa shape index (κ1) is 14.4. The Morgan fingerprint density at radius 1 is 1.25 bits per heavy atom. The molecule has 3 rings (SSSR count). The van der Waals surface area contributed by atoms with Crippen molar-refractivity contribution in [3.63, 3.8) is 0 Å². The van der Waals surface area contributed by atoms with Crippen molar-refractivity contribution >= 4 is 23.6 Å². The molecule has 2 N–H and O–H groups in total. The normalized spacial score (nSPS) is 34.0. The van der Waals surface area contributed by atoms with Gasteiger partial charge >= 0.3 is 0 Å². The van der Waals surface area contributed by atoms with Gasteiger partial charge in [0.15, 0.2) is 0 Å². The molecular weight excluding hydrogens is 276 g/mol. The molecule has 5 nitrogen and oxygen atoms in total. The molecule has 3 saturated heterocycles. The van der Waals surface area contributed by atoms with Gasteiger partial charge in [-0.1, -0.05) is 0 Å². The summed E-state index contributed by atoms with van der Waals surface area (Å²) in [6, 6.07) is 0.113. The zero-order valence-electron chi connectivity index (χ0n) is 11.7. The van der Waals surface area contributed by atoms with E-state index in [1.54, 1.807) is 0 Å². The van der Waals surface area contributed by atoms with E-state index < -0.39 is 0 Å². The largest absolute Gasteiger partial charge is 0.375 e. The van der Waals surface area contributed by atoms with Gasteiger partial charge in [-0.05, 0) is 43.6 Å². The van der Waals surface area contributed by atoms with Gasteiger partial charge in [0.25, 0.3) is 0 Å². The maximum atomic E-state index is 11.8. The summed E-state index contributed by atoms with van der Waals surface area (Å²) in [6.45, 7) is 0.773. The molecule has 6 heteroatoms. The van der Waals surface area contributed by atoms with E-state index in [9.17, 15) is 9.59 Å². The molecular formula is C14H22N2O3S. The van der Waals surface area contributed by atoms with Crippen LogP contribution in [0.1, 0.15) is 38.5 Å². The first-order valence-electron chi connectivity index (χ1n) is 7.48. The van der Waals surface area contributed by atoms with Crippen LogP contribution in [0.5, 0.6) is 0 Å². The summed E-state index contributed by atoms with van der Waals surface area (Å²) in [5.74, 6) is 2.03. The molecule has 2 unspecified atom stereocenters. The number of rotatable bonds is 2. The van der Waals surface area contributed by atoms with E-state index in [0.29, 0.717) is 18.9 Å². The summed E-state index contributed by atoms with van der Waals surface area (Å²) in [5, 5.41) is 5.86. The first-order chi connectivity index (χ1) is 9.67. The quantitative estimate of drug-likeness (QED) is 0.739. The van der Waals surface area contributed by atoms with E-state index >= 15 is 0 Å². The number of carbonyl (C=O) groups is 2. The van der Waals surface area contributed by atoms with Crippen molar-refractivity contribution in [2.45, 2.75) is 56.2 Å². The van der Waals surface area contributed by atoms with Crippen LogP contribution in [-0.2, 0) is 14.3 Å². The zero-order chi connectivity index (χ0) is 14.0. The fourth-order valence-electron chi connectivity index (χ4n) is 3.40. The van der Waals surface area contributed by atoms with Gasteiger partial charge in [0, 0.05) is 19.1 Å². The third-order valence-electron chi connectivity index (χ3n) is 4.57. The van der Waals surface area contributed by atoms with Crippen molar-refractivity contribution < 1.29 is 14.3 Å². The lowest BCUT2D eigenvalue weighted by atomic mass is 9.85. The molecule has 3 aliphatic heterocycles. The van der Waals surface area contributed by atoms with Crippen LogP contribution in [0.4, 0.5) is 0 Å². The highest BCUT2D eigenvalue weighted by molar-refractivity contribution is 7.99. The molecule has 3 aliphatic rings. The molecule has 0 aromatic heterocycles. The van der Waals surface area contributed by atoms with Crippen LogP contribution in [0.15, 0.2) is 0 Å². The van der Waals surface area contributed by atoms with Crippen LogP contribution in [0.25, 0.3) is 0 Å². The second-order valence-corrected chi connectivity index (χ2v) is 7.23. The van der Waals surface area contributed by atoms with E-state index in [4.69, 9.17) is 4.74 Å². The van der Waals surface area contributed by atoms with Crippen LogP contribution >= 0.6 is 11.8 Å². The average molecular weight is 298 g/mol. The van der Waals surface area contributed by atoms with Crippen molar-refractivity contribution in [2.75, 3.05) is 18.1 Å². The Hall–Kier alpha value is -0.590. The van der Waals surface area contributed by atoms with Crippen molar-refractivity contribution in [3.05, 3.63) is 0 Å². The lowest BCUT2D eigenvalue weighted by Crippen LogP contribution is -2.57. The Kier molecular flexibility index (Phi) is 4.33. The SMILES string of the molecule is O=C1CCC(NC2CCOC3(CCSCC3)C2)C(=O)N1. The monoisotopic (exact) mass is 298 g/mol. The third-order valence-corrected chi connectivity index (χ3v) is 5.56. The van der Waals surface area contributed by atoms with E-state index in [1.165, 1.54) is 11.5 Å². The highest BCUT2D eigenvalue weighted by Gasteiger charge is 2.40. The van der Waals surface area contributed by atoms with E-state index in [2.05, 4.69) is 10.6 Å². The number of piperidine rings is 1. The fraction of sp³-hybridized carbons (Fsp3) is 0.857. The minimum atomic E-state index is -0.217. The third kappa shape index (κ3) is 3.18. The number of ether oxygens (including phenoxy) is 1. The Morgan fingerprint density at radius 3 is 2.80 bits per heavy atom. The number of imide groups is 1. The topological polar surface area (TPSA) is 67.4 Å². The summed E-state index contributed by atoms with van der Waals surface area (Å²) >= 11 is 2.00. The van der Waals surface area contributed by atoms with Crippen molar-refractivity contribution in [1.82, 2.24) is 10.6 Å². The summed E-state index contributed by atoms with van der Waals surface area (Å²) in [7, 11) is 0. The number of thioether (sulfide) groups is 1. The summed E-state index contributed by atoms with van der Waals surface area (Å²) in [4.78, 5) is 23.0. The minimum absolute atomic E-state index is 0.0299. The molecule has 0 aromatic carbocycles. The van der Waals surface area contributed by atoms with Gasteiger partial charge in [0.2, 0.25) is 11.8 Å². The number of nitrogens with one attached hydrogen (secondary N) is 2. The van der Waals surface area contributed by atoms with Gasteiger partial charge in [-0.2, -0.15) is 11.8 Å². The van der Waals surface area contributed by atoms with E-state index in [1.807, 2.05) is 11.8 Å². The van der Waals surface area contributed by atoms with Crippen LogP contribution in [0, 0.1) is 0 Å². The minimum Gasteiger partial charge on any atom is -0.375 e. The standard InChI is InChI=1S/C14H22N2O3S/c17-12-2-1-11(13(18)16-12)15-10-3-6-19-14(9-10)4-7-20-8-5-14/h10-11,15H,1-9H2,(H,16,17,18). The molecule has 112 valence electrons. The van der Waals surface area contributed by atoms with Crippen molar-refractivity contribution in [3.8, 4) is 0 Å². The fourth-order valence-corrected chi connectivity index (χ4v) is 4.64. The Bertz CT molecular complexity index is 390. The molecule has 0 radical (unpaired) electrons. The van der Waals surface area contributed by atoms with Crippen molar-refractivity contribution in [1.29, 1.82) is 0 Å². The predicted octanol–water partition coefficient (Wildman–Crippen LogP) is 0.826. The smallest absolute Gasteiger partial charge is 0.243 e. The van der Waals surface area contributed by atoms with Gasteiger partial charge < -0.3 is 10.1 Å². The summed E-state index contributed by atoms with van der Waals surface area (Å²) in [6.07, 6.45) is 5.23. The second kappa shape index (κ2) is 6.03. The van der Waals surface area contributed by atoms with Crippen LogP contribution in [-0.4, -0.2) is 47.6 Å². The number of hydrogen-bond donors (Lipinski definition) is 2. The Labute approximate surface area is 123 Å². The molecule has 0 saturated carbocycles. The lowest BCUT2D eigenvalue weighted by molar-refractivity contribution is -0.136. The first-order valence-corrected chi connectivity index (χ1v) is 8.64. The predicted molar refractivity (Wildman–Crippen MR) is 77.6 cm³/mol. The molecule has 3 heterocycles. The van der Waals surface area contributed by atoms with E-state index in [-0.39, 0.29) is 23.5 Å². The molecule has 0 aliphatic carbocycles.